The van der Waals surface area contributed by atoms with E-state index in [9.17, 15) is 8.78 Å². The molecule has 0 bridgehead atoms. The van der Waals surface area contributed by atoms with Crippen molar-refractivity contribution in [3.63, 3.8) is 0 Å². The van der Waals surface area contributed by atoms with Gasteiger partial charge >= 0.3 is 0 Å². The first-order valence-electron chi connectivity index (χ1n) is 6.88. The van der Waals surface area contributed by atoms with Crippen LogP contribution in [0.1, 0.15) is 25.8 Å². The fraction of sp³-hybridized carbons (Fsp3) is 0.294. The molecule has 2 aromatic rings. The molecule has 0 spiro atoms. The lowest BCUT2D eigenvalue weighted by Crippen LogP contribution is -2.01. The first kappa shape index (κ1) is 14.5. The lowest BCUT2D eigenvalue weighted by molar-refractivity contribution is 0.295. The van der Waals surface area contributed by atoms with Crippen LogP contribution in [-0.2, 0) is 6.42 Å². The standard InChI is InChI=1S/C17H18F2O/c1-3-11-20-15-10-9-14(16(18)17(15)19)13-8-6-5-7-12(13)4-2/h5-10H,3-4,11H2,1-2H3. The Bertz CT molecular complexity index is 594. The van der Waals surface area contributed by atoms with Crippen LogP contribution in [0, 0.1) is 11.6 Å². The summed E-state index contributed by atoms with van der Waals surface area (Å²) in [5.74, 6) is -1.79. The van der Waals surface area contributed by atoms with Gasteiger partial charge in [-0.15, -0.1) is 0 Å². The second-order valence-electron chi connectivity index (χ2n) is 4.60. The highest BCUT2D eigenvalue weighted by atomic mass is 19.2. The molecule has 0 N–H and O–H groups in total. The van der Waals surface area contributed by atoms with Crippen molar-refractivity contribution in [1.29, 1.82) is 0 Å². The van der Waals surface area contributed by atoms with E-state index in [2.05, 4.69) is 0 Å². The third-order valence-electron chi connectivity index (χ3n) is 3.20. The zero-order valence-corrected chi connectivity index (χ0v) is 11.7. The summed E-state index contributed by atoms with van der Waals surface area (Å²) in [6, 6.07) is 10.5. The summed E-state index contributed by atoms with van der Waals surface area (Å²) in [5.41, 5.74) is 2.00. The zero-order valence-electron chi connectivity index (χ0n) is 11.7. The van der Waals surface area contributed by atoms with E-state index in [0.717, 1.165) is 24.0 Å². The van der Waals surface area contributed by atoms with E-state index in [-0.39, 0.29) is 11.3 Å². The highest BCUT2D eigenvalue weighted by molar-refractivity contribution is 5.69. The van der Waals surface area contributed by atoms with Gasteiger partial charge < -0.3 is 4.74 Å². The number of hydrogen-bond donors (Lipinski definition) is 0. The molecule has 0 unspecified atom stereocenters. The number of ether oxygens (including phenoxy) is 1. The lowest BCUT2D eigenvalue weighted by Gasteiger charge is -2.12. The van der Waals surface area contributed by atoms with Crippen molar-refractivity contribution < 1.29 is 13.5 Å². The van der Waals surface area contributed by atoms with Gasteiger partial charge in [0.05, 0.1) is 6.61 Å². The molecular formula is C17H18F2O. The normalized spacial score (nSPS) is 10.6. The summed E-state index contributed by atoms with van der Waals surface area (Å²) >= 11 is 0. The van der Waals surface area contributed by atoms with Crippen LogP contribution >= 0.6 is 0 Å². The van der Waals surface area contributed by atoms with Gasteiger partial charge in [-0.25, -0.2) is 4.39 Å². The molecule has 0 atom stereocenters. The first-order chi connectivity index (χ1) is 9.69. The highest BCUT2D eigenvalue weighted by Gasteiger charge is 2.17. The third kappa shape index (κ3) is 2.82. The van der Waals surface area contributed by atoms with Crippen LogP contribution in [0.15, 0.2) is 36.4 Å². The second kappa shape index (κ2) is 6.51. The van der Waals surface area contributed by atoms with Crippen LogP contribution in [0.2, 0.25) is 0 Å². The topological polar surface area (TPSA) is 9.23 Å². The number of benzene rings is 2. The number of rotatable bonds is 5. The molecule has 0 aliphatic rings. The second-order valence-corrected chi connectivity index (χ2v) is 4.60. The summed E-state index contributed by atoms with van der Waals surface area (Å²) in [5, 5.41) is 0. The van der Waals surface area contributed by atoms with Crippen LogP contribution in [0.25, 0.3) is 11.1 Å². The van der Waals surface area contributed by atoms with Crippen molar-refractivity contribution in [3.8, 4) is 16.9 Å². The predicted molar refractivity (Wildman–Crippen MR) is 77.0 cm³/mol. The summed E-state index contributed by atoms with van der Waals surface area (Å²) in [6.45, 7) is 4.28. The van der Waals surface area contributed by atoms with Crippen LogP contribution in [0.4, 0.5) is 8.78 Å². The Labute approximate surface area is 118 Å². The summed E-state index contributed by atoms with van der Waals surface area (Å²) in [4.78, 5) is 0. The van der Waals surface area contributed by atoms with Crippen molar-refractivity contribution in [3.05, 3.63) is 53.6 Å². The van der Waals surface area contributed by atoms with E-state index >= 15 is 0 Å². The average molecular weight is 276 g/mol. The van der Waals surface area contributed by atoms with Crippen LogP contribution in [0.3, 0.4) is 0 Å². The summed E-state index contributed by atoms with van der Waals surface area (Å²) in [6.07, 6.45) is 1.52. The van der Waals surface area contributed by atoms with E-state index in [1.165, 1.54) is 6.07 Å². The van der Waals surface area contributed by atoms with Crippen molar-refractivity contribution >= 4 is 0 Å². The maximum Gasteiger partial charge on any atom is 0.201 e. The Morgan fingerprint density at radius 1 is 0.900 bits per heavy atom. The first-order valence-corrected chi connectivity index (χ1v) is 6.88. The molecule has 0 aliphatic heterocycles. The Kier molecular flexibility index (Phi) is 4.72. The van der Waals surface area contributed by atoms with E-state index < -0.39 is 11.6 Å². The van der Waals surface area contributed by atoms with Crippen LogP contribution in [0.5, 0.6) is 5.75 Å². The van der Waals surface area contributed by atoms with E-state index in [1.807, 2.05) is 38.1 Å². The molecule has 0 fully saturated rings. The molecule has 2 aromatic carbocycles. The van der Waals surface area contributed by atoms with Gasteiger partial charge in [0, 0.05) is 5.56 Å². The Morgan fingerprint density at radius 2 is 1.65 bits per heavy atom. The minimum absolute atomic E-state index is 0.0259. The summed E-state index contributed by atoms with van der Waals surface area (Å²) < 4.78 is 33.4. The molecule has 0 saturated carbocycles. The van der Waals surface area contributed by atoms with E-state index in [1.54, 1.807) is 6.07 Å². The van der Waals surface area contributed by atoms with Crippen LogP contribution < -0.4 is 4.74 Å². The fourth-order valence-corrected chi connectivity index (χ4v) is 2.15. The molecule has 1 nitrogen and oxygen atoms in total. The number of aryl methyl sites for hydroxylation is 1. The van der Waals surface area contributed by atoms with Gasteiger partial charge in [-0.2, -0.15) is 4.39 Å². The van der Waals surface area contributed by atoms with Crippen molar-refractivity contribution in [1.82, 2.24) is 0 Å². The molecule has 2 rings (SSSR count). The van der Waals surface area contributed by atoms with Gasteiger partial charge in [-0.05, 0) is 36.1 Å². The largest absolute Gasteiger partial charge is 0.490 e. The van der Waals surface area contributed by atoms with Gasteiger partial charge in [0.15, 0.2) is 11.6 Å². The maximum absolute atomic E-state index is 14.2. The Morgan fingerprint density at radius 3 is 2.35 bits per heavy atom. The molecule has 0 aliphatic carbocycles. The quantitative estimate of drug-likeness (QED) is 0.748. The van der Waals surface area contributed by atoms with Crippen LogP contribution in [-0.4, -0.2) is 6.61 Å². The minimum atomic E-state index is -0.915. The molecule has 0 amide bonds. The maximum atomic E-state index is 14.2. The molecule has 106 valence electrons. The van der Waals surface area contributed by atoms with E-state index in [0.29, 0.717) is 6.61 Å². The molecule has 20 heavy (non-hydrogen) atoms. The Balaban J connectivity index is 2.46. The highest BCUT2D eigenvalue weighted by Crippen LogP contribution is 2.32. The van der Waals surface area contributed by atoms with Gasteiger partial charge in [-0.1, -0.05) is 38.1 Å². The van der Waals surface area contributed by atoms with Crippen molar-refractivity contribution in [2.75, 3.05) is 6.61 Å². The molecule has 0 radical (unpaired) electrons. The predicted octanol–water partition coefficient (Wildman–Crippen LogP) is 4.98. The third-order valence-corrected chi connectivity index (χ3v) is 3.20. The average Bonchev–Trinajstić information content (AvgIpc) is 2.49. The monoisotopic (exact) mass is 276 g/mol. The van der Waals surface area contributed by atoms with Gasteiger partial charge in [0.1, 0.15) is 0 Å². The summed E-state index contributed by atoms with van der Waals surface area (Å²) in [7, 11) is 0. The fourth-order valence-electron chi connectivity index (χ4n) is 2.15. The molecule has 3 heteroatoms. The minimum Gasteiger partial charge on any atom is -0.490 e. The lowest BCUT2D eigenvalue weighted by atomic mass is 9.97. The Hall–Kier alpha value is -1.90. The smallest absolute Gasteiger partial charge is 0.201 e. The molecule has 0 saturated heterocycles. The van der Waals surface area contributed by atoms with Crippen molar-refractivity contribution in [2.45, 2.75) is 26.7 Å². The molecule has 0 aromatic heterocycles. The number of halogens is 2. The van der Waals surface area contributed by atoms with Gasteiger partial charge in [-0.3, -0.25) is 0 Å². The SMILES string of the molecule is CCCOc1ccc(-c2ccccc2CC)c(F)c1F. The number of hydrogen-bond acceptors (Lipinski definition) is 1. The molecule has 0 heterocycles. The van der Waals surface area contributed by atoms with Gasteiger partial charge in [0.25, 0.3) is 0 Å². The zero-order chi connectivity index (χ0) is 14.5. The van der Waals surface area contributed by atoms with Gasteiger partial charge in [0.2, 0.25) is 5.82 Å². The van der Waals surface area contributed by atoms with Crippen molar-refractivity contribution in [2.24, 2.45) is 0 Å². The van der Waals surface area contributed by atoms with E-state index in [4.69, 9.17) is 4.74 Å². The molecular weight excluding hydrogens is 258 g/mol.